The number of rotatable bonds is 2. The Labute approximate surface area is 86.3 Å². The summed E-state index contributed by atoms with van der Waals surface area (Å²) in [6.07, 6.45) is 0.817. The van der Waals surface area contributed by atoms with E-state index in [9.17, 15) is 4.79 Å². The van der Waals surface area contributed by atoms with E-state index in [1.54, 1.807) is 6.07 Å². The maximum atomic E-state index is 10.8. The number of halogens is 1. The minimum atomic E-state index is 0.306. The van der Waals surface area contributed by atoms with Crippen molar-refractivity contribution in [1.29, 1.82) is 0 Å². The van der Waals surface area contributed by atoms with Crippen LogP contribution < -0.4 is 5.73 Å². The predicted molar refractivity (Wildman–Crippen MR) is 58.0 cm³/mol. The zero-order valence-electron chi connectivity index (χ0n) is 7.67. The number of carbonyl (C=O) groups is 1. The van der Waals surface area contributed by atoms with E-state index < -0.39 is 0 Å². The Hall–Kier alpha value is -0.830. The van der Waals surface area contributed by atoms with Gasteiger partial charge in [-0.15, -0.1) is 0 Å². The average molecular weight is 242 g/mol. The summed E-state index contributed by atoms with van der Waals surface area (Å²) in [5, 5.41) is 0. The summed E-state index contributed by atoms with van der Waals surface area (Å²) in [5.74, 6) is 0.306. The molecule has 0 fully saturated rings. The largest absolute Gasteiger partial charge is 0.398 e. The fourth-order valence-electron chi connectivity index (χ4n) is 1.27. The molecule has 0 saturated carbocycles. The zero-order chi connectivity index (χ0) is 10.0. The Morgan fingerprint density at radius 2 is 2.08 bits per heavy atom. The van der Waals surface area contributed by atoms with E-state index in [0.717, 1.165) is 16.3 Å². The van der Waals surface area contributed by atoms with Gasteiger partial charge in [-0.2, -0.15) is 0 Å². The van der Waals surface area contributed by atoms with Crippen LogP contribution in [0.1, 0.15) is 35.7 Å². The highest BCUT2D eigenvalue weighted by Gasteiger charge is 2.10. The first-order valence-corrected chi connectivity index (χ1v) is 4.89. The van der Waals surface area contributed by atoms with Crippen molar-refractivity contribution in [3.8, 4) is 0 Å². The Balaban J connectivity index is 3.38. The molecule has 0 aliphatic carbocycles. The molecule has 2 nitrogen and oxygen atoms in total. The van der Waals surface area contributed by atoms with E-state index >= 15 is 0 Å². The molecule has 0 amide bonds. The minimum Gasteiger partial charge on any atom is -0.398 e. The molecule has 0 aromatic heterocycles. The summed E-state index contributed by atoms with van der Waals surface area (Å²) >= 11 is 3.35. The highest BCUT2D eigenvalue weighted by atomic mass is 79.9. The lowest BCUT2D eigenvalue weighted by Gasteiger charge is -2.11. The Bertz CT molecular complexity index is 334. The predicted octanol–water partition coefficient (Wildman–Crippen LogP) is 2.97. The van der Waals surface area contributed by atoms with Gasteiger partial charge >= 0.3 is 0 Å². The minimum absolute atomic E-state index is 0.306. The third-order valence-corrected chi connectivity index (χ3v) is 2.41. The van der Waals surface area contributed by atoms with E-state index in [4.69, 9.17) is 5.73 Å². The van der Waals surface area contributed by atoms with Crippen molar-refractivity contribution >= 4 is 27.9 Å². The van der Waals surface area contributed by atoms with Crippen LogP contribution in [0.3, 0.4) is 0 Å². The van der Waals surface area contributed by atoms with Crippen LogP contribution in [0.15, 0.2) is 16.6 Å². The Kier molecular flexibility index (Phi) is 3.09. The van der Waals surface area contributed by atoms with Gasteiger partial charge in [0.05, 0.1) is 0 Å². The normalized spacial score (nSPS) is 10.5. The maximum Gasteiger partial charge on any atom is 0.152 e. The van der Waals surface area contributed by atoms with Crippen molar-refractivity contribution < 1.29 is 4.79 Å². The first-order valence-electron chi connectivity index (χ1n) is 4.10. The Morgan fingerprint density at radius 3 is 2.54 bits per heavy atom. The van der Waals surface area contributed by atoms with Gasteiger partial charge in [-0.25, -0.2) is 0 Å². The molecule has 70 valence electrons. The third-order valence-electron chi connectivity index (χ3n) is 1.95. The summed E-state index contributed by atoms with van der Waals surface area (Å²) in [7, 11) is 0. The van der Waals surface area contributed by atoms with Crippen LogP contribution in [0.25, 0.3) is 0 Å². The van der Waals surface area contributed by atoms with E-state index in [1.807, 2.05) is 19.9 Å². The number of aldehydes is 1. The number of nitrogens with two attached hydrogens (primary N) is 1. The monoisotopic (exact) mass is 241 g/mol. The van der Waals surface area contributed by atoms with Crippen molar-refractivity contribution in [2.75, 3.05) is 5.73 Å². The average Bonchev–Trinajstić information content (AvgIpc) is 2.02. The molecule has 0 spiro atoms. The highest BCUT2D eigenvalue weighted by Crippen LogP contribution is 2.27. The van der Waals surface area contributed by atoms with Crippen molar-refractivity contribution in [3.05, 3.63) is 27.7 Å². The van der Waals surface area contributed by atoms with Gasteiger partial charge in [0.2, 0.25) is 0 Å². The summed E-state index contributed by atoms with van der Waals surface area (Å²) < 4.78 is 0.916. The topological polar surface area (TPSA) is 43.1 Å². The van der Waals surface area contributed by atoms with Crippen molar-refractivity contribution in [2.24, 2.45) is 0 Å². The molecule has 1 aromatic carbocycles. The van der Waals surface area contributed by atoms with Gasteiger partial charge in [-0.05, 0) is 23.6 Å². The molecule has 3 heteroatoms. The third kappa shape index (κ3) is 2.10. The van der Waals surface area contributed by atoms with Gasteiger partial charge in [0.1, 0.15) is 0 Å². The molecule has 0 unspecified atom stereocenters. The smallest absolute Gasteiger partial charge is 0.152 e. The second-order valence-corrected chi connectivity index (χ2v) is 4.19. The molecule has 2 N–H and O–H groups in total. The van der Waals surface area contributed by atoms with Gasteiger partial charge in [0.25, 0.3) is 0 Å². The highest BCUT2D eigenvalue weighted by molar-refractivity contribution is 9.10. The molecule has 0 aliphatic rings. The van der Waals surface area contributed by atoms with Crippen molar-refractivity contribution in [1.82, 2.24) is 0 Å². The molecule has 0 bridgehead atoms. The molecule has 0 atom stereocenters. The van der Waals surface area contributed by atoms with Crippen LogP contribution in [0.5, 0.6) is 0 Å². The number of carbonyl (C=O) groups excluding carboxylic acids is 1. The van der Waals surface area contributed by atoms with Crippen molar-refractivity contribution in [3.63, 3.8) is 0 Å². The molecule has 0 heterocycles. The molecule has 0 saturated heterocycles. The van der Waals surface area contributed by atoms with Gasteiger partial charge in [0, 0.05) is 15.7 Å². The molecule has 13 heavy (non-hydrogen) atoms. The second kappa shape index (κ2) is 3.92. The first kappa shape index (κ1) is 10.3. The van der Waals surface area contributed by atoms with Crippen LogP contribution in [-0.4, -0.2) is 6.29 Å². The van der Waals surface area contributed by atoms with Crippen molar-refractivity contribution in [2.45, 2.75) is 19.8 Å². The maximum absolute atomic E-state index is 10.8. The first-order chi connectivity index (χ1) is 6.06. The molecule has 1 rings (SSSR count). The van der Waals surface area contributed by atoms with E-state index in [2.05, 4.69) is 15.9 Å². The molecule has 1 aromatic rings. The van der Waals surface area contributed by atoms with Gasteiger partial charge in [-0.3, -0.25) is 4.79 Å². The number of anilines is 1. The molecular weight excluding hydrogens is 230 g/mol. The standard InChI is InChI=1S/C10H12BrNO/c1-6(2)8-3-7(11)4-10(12)9(8)5-13/h3-6H,12H2,1-2H3. The van der Waals surface area contributed by atoms with Gasteiger partial charge in [0.15, 0.2) is 6.29 Å². The lowest BCUT2D eigenvalue weighted by Crippen LogP contribution is -2.00. The lowest BCUT2D eigenvalue weighted by molar-refractivity contribution is 0.112. The molecule has 0 aliphatic heterocycles. The fraction of sp³-hybridized carbons (Fsp3) is 0.300. The van der Waals surface area contributed by atoms with Crippen LogP contribution in [0, 0.1) is 0 Å². The van der Waals surface area contributed by atoms with E-state index in [0.29, 0.717) is 17.2 Å². The number of nitrogen functional groups attached to an aromatic ring is 1. The van der Waals surface area contributed by atoms with Crippen LogP contribution >= 0.6 is 15.9 Å². The quantitative estimate of drug-likeness (QED) is 0.639. The summed E-state index contributed by atoms with van der Waals surface area (Å²) in [6, 6.07) is 3.68. The zero-order valence-corrected chi connectivity index (χ0v) is 9.26. The number of hydrogen-bond acceptors (Lipinski definition) is 2. The van der Waals surface area contributed by atoms with E-state index in [1.165, 1.54) is 0 Å². The summed E-state index contributed by atoms with van der Waals surface area (Å²) in [4.78, 5) is 10.8. The van der Waals surface area contributed by atoms with Gasteiger partial charge < -0.3 is 5.73 Å². The molecule has 0 radical (unpaired) electrons. The van der Waals surface area contributed by atoms with Gasteiger partial charge in [-0.1, -0.05) is 29.8 Å². The van der Waals surface area contributed by atoms with Crippen LogP contribution in [0.2, 0.25) is 0 Å². The number of hydrogen-bond donors (Lipinski definition) is 1. The van der Waals surface area contributed by atoms with Crippen LogP contribution in [0.4, 0.5) is 5.69 Å². The Morgan fingerprint density at radius 1 is 1.46 bits per heavy atom. The summed E-state index contributed by atoms with van der Waals surface area (Å²) in [5.41, 5.74) is 7.84. The van der Waals surface area contributed by atoms with Crippen LogP contribution in [-0.2, 0) is 0 Å². The lowest BCUT2D eigenvalue weighted by atomic mass is 9.97. The fourth-order valence-corrected chi connectivity index (χ4v) is 1.77. The van der Waals surface area contributed by atoms with E-state index in [-0.39, 0.29) is 0 Å². The number of benzene rings is 1. The summed E-state index contributed by atoms with van der Waals surface area (Å²) in [6.45, 7) is 4.07. The molecular formula is C10H12BrNO. The second-order valence-electron chi connectivity index (χ2n) is 3.27. The SMILES string of the molecule is CC(C)c1cc(Br)cc(N)c1C=O.